The second kappa shape index (κ2) is 29.8. The normalized spacial score (nSPS) is 12.3. The third-order valence-corrected chi connectivity index (χ3v) is 25.7. The SMILES string of the molecule is CC(C)(C)c1cc2c3c(c1)N(c1c(-c4ccccc4-c4ccccc4)cccc1-c1ccccc1-c1ccccc1-c1ccccc1)c1cc(-n4c5ccccc5c5ccccc54)ccc1B3c1ccc(-n3c4ccccc4c4ccccc43)cc1N2c1c(-c2ccccc2-c2ccccc2)cccc1-c1ccccc1-c1ccccc1-c1ccccc1. The fourth-order valence-corrected chi connectivity index (χ4v) is 20.3. The maximum absolute atomic E-state index is 2.76. The van der Waals surface area contributed by atoms with E-state index >= 15 is 0 Å². The van der Waals surface area contributed by atoms with Crippen molar-refractivity contribution in [2.75, 3.05) is 9.80 Å². The van der Waals surface area contributed by atoms with Crippen LogP contribution in [0.4, 0.5) is 34.1 Å². The third kappa shape index (κ3) is 12.0. The van der Waals surface area contributed by atoms with E-state index in [1.165, 1.54) is 54.6 Å². The molecule has 4 heterocycles. The van der Waals surface area contributed by atoms with Crippen LogP contribution in [-0.2, 0) is 5.41 Å². The zero-order chi connectivity index (χ0) is 81.8. The summed E-state index contributed by atoms with van der Waals surface area (Å²) in [4.78, 5) is 5.51. The molecule has 0 spiro atoms. The third-order valence-electron chi connectivity index (χ3n) is 25.7. The van der Waals surface area contributed by atoms with Gasteiger partial charge in [0.05, 0.1) is 33.4 Å². The smallest absolute Gasteiger partial charge is 0.252 e. The highest BCUT2D eigenvalue weighted by molar-refractivity contribution is 7.00. The van der Waals surface area contributed by atoms with Gasteiger partial charge in [-0.05, 0) is 177 Å². The number of para-hydroxylation sites is 6. The molecule has 19 aromatic carbocycles. The van der Waals surface area contributed by atoms with Crippen LogP contribution in [0.1, 0.15) is 26.3 Å². The van der Waals surface area contributed by atoms with Crippen LogP contribution in [0.2, 0.25) is 0 Å². The Morgan fingerprint density at radius 3 is 0.707 bits per heavy atom. The van der Waals surface area contributed by atoms with Gasteiger partial charge < -0.3 is 18.9 Å². The van der Waals surface area contributed by atoms with E-state index < -0.39 is 5.41 Å². The van der Waals surface area contributed by atoms with Crippen molar-refractivity contribution in [3.8, 4) is 123 Å². The highest BCUT2D eigenvalue weighted by atomic mass is 15.2. The van der Waals surface area contributed by atoms with Crippen molar-refractivity contribution in [1.82, 2.24) is 9.13 Å². The van der Waals surface area contributed by atoms with Gasteiger partial charge in [0.1, 0.15) is 0 Å². The number of fused-ring (bicyclic) bond motifs is 10. The van der Waals surface area contributed by atoms with Gasteiger partial charge in [-0.2, -0.15) is 0 Å². The summed E-state index contributed by atoms with van der Waals surface area (Å²) in [6.07, 6.45) is 0. The molecule has 4 nitrogen and oxygen atoms in total. The summed E-state index contributed by atoms with van der Waals surface area (Å²) >= 11 is 0. The summed E-state index contributed by atoms with van der Waals surface area (Å²) in [7, 11) is 0. The lowest BCUT2D eigenvalue weighted by Gasteiger charge is -2.46. The molecule has 0 N–H and O–H groups in total. The molecule has 0 unspecified atom stereocenters. The first-order valence-corrected chi connectivity index (χ1v) is 42.8. The van der Waals surface area contributed by atoms with Gasteiger partial charge in [0.15, 0.2) is 0 Å². The molecule has 2 aliphatic heterocycles. The average Bonchev–Trinajstić information content (AvgIpc) is 0.850. The molecule has 0 fully saturated rings. The van der Waals surface area contributed by atoms with E-state index in [9.17, 15) is 0 Å². The molecule has 0 amide bonds. The van der Waals surface area contributed by atoms with Crippen LogP contribution in [0.15, 0.2) is 449 Å². The van der Waals surface area contributed by atoms with E-state index in [1.807, 2.05) is 0 Å². The standard InChI is InChI=1S/C118H83BN4/c1-118(2,3)82-74-113-115-114(75-82)123(117-102(92-53-23-19-49-88(92)81-44-14-7-15-45-81)63-37-65-104(117)96-57-27-25-55-94(96)90-51-21-17-47-86(90)79-40-10-5-11-41-79)112-77-84(121-109-68-34-30-60-99(109)100-61-31-35-69-110(100)121)71-73-106(112)119(115)105-72-70-83(120-107-66-32-28-58-97(107)98-59-29-33-67-108(98)120)76-111(105)122(113)116-101(91-52-22-18-48-87(91)80-42-12-6-13-43-80)62-36-64-103(116)95-56-26-24-54-93(95)89-50-20-16-46-85(89)78-38-8-4-9-39-78/h4-77H,1-3H3. The van der Waals surface area contributed by atoms with Crippen molar-refractivity contribution < 1.29 is 0 Å². The van der Waals surface area contributed by atoms with Gasteiger partial charge in [-0.3, -0.25) is 0 Å². The van der Waals surface area contributed by atoms with Gasteiger partial charge in [0, 0.05) is 77.9 Å². The predicted octanol–water partition coefficient (Wildman–Crippen LogP) is 29.9. The first kappa shape index (κ1) is 72.7. The van der Waals surface area contributed by atoms with E-state index in [0.717, 1.165) is 168 Å². The van der Waals surface area contributed by atoms with Gasteiger partial charge in [0.25, 0.3) is 6.71 Å². The number of anilines is 6. The fraction of sp³-hybridized carbons (Fsp3) is 0.0339. The molecular formula is C118H83BN4. The van der Waals surface area contributed by atoms with E-state index in [1.54, 1.807) is 0 Å². The zero-order valence-electron chi connectivity index (χ0n) is 68.6. The Hall–Kier alpha value is -15.6. The number of hydrogen-bond acceptors (Lipinski definition) is 2. The number of aromatic nitrogens is 2. The van der Waals surface area contributed by atoms with Crippen LogP contribution in [0.3, 0.4) is 0 Å². The molecule has 123 heavy (non-hydrogen) atoms. The second-order valence-electron chi connectivity index (χ2n) is 33.6. The molecule has 0 atom stereocenters. The Kier molecular flexibility index (Phi) is 17.6. The maximum atomic E-state index is 2.76. The number of benzene rings is 19. The quantitative estimate of drug-likeness (QED) is 0.101. The van der Waals surface area contributed by atoms with Crippen molar-refractivity contribution in [2.45, 2.75) is 26.2 Å². The van der Waals surface area contributed by atoms with Crippen molar-refractivity contribution in [3.05, 3.63) is 454 Å². The second-order valence-corrected chi connectivity index (χ2v) is 33.6. The summed E-state index contributed by atoms with van der Waals surface area (Å²) < 4.78 is 5.03. The molecule has 21 aromatic rings. The summed E-state index contributed by atoms with van der Waals surface area (Å²) in [5, 5.41) is 4.83. The fourth-order valence-electron chi connectivity index (χ4n) is 20.3. The molecule has 0 saturated heterocycles. The Balaban J connectivity index is 0.897. The van der Waals surface area contributed by atoms with Gasteiger partial charge >= 0.3 is 0 Å². The van der Waals surface area contributed by atoms with Gasteiger partial charge in [-0.25, -0.2) is 0 Å². The summed E-state index contributed by atoms with van der Waals surface area (Å²) in [5.74, 6) is 0. The van der Waals surface area contributed by atoms with E-state index in [2.05, 4.69) is 489 Å². The van der Waals surface area contributed by atoms with Crippen molar-refractivity contribution in [2.24, 2.45) is 0 Å². The maximum Gasteiger partial charge on any atom is 0.252 e. The number of hydrogen-bond donors (Lipinski definition) is 0. The predicted molar refractivity (Wildman–Crippen MR) is 522 cm³/mol. The largest absolute Gasteiger partial charge is 0.310 e. The van der Waals surface area contributed by atoms with Crippen LogP contribution in [0.5, 0.6) is 0 Å². The average molecular weight is 1570 g/mol. The first-order chi connectivity index (χ1) is 60.8. The molecule has 23 rings (SSSR count). The Morgan fingerprint density at radius 1 is 0.195 bits per heavy atom. The molecule has 2 aromatic heterocycles. The van der Waals surface area contributed by atoms with Crippen LogP contribution in [-0.4, -0.2) is 15.8 Å². The van der Waals surface area contributed by atoms with Crippen LogP contribution in [0, 0.1) is 0 Å². The van der Waals surface area contributed by atoms with Crippen molar-refractivity contribution in [1.29, 1.82) is 0 Å². The lowest BCUT2D eigenvalue weighted by molar-refractivity contribution is 0.590. The molecular weight excluding hydrogens is 1480 g/mol. The lowest BCUT2D eigenvalue weighted by Crippen LogP contribution is -2.61. The van der Waals surface area contributed by atoms with Crippen molar-refractivity contribution >= 4 is 101 Å². The van der Waals surface area contributed by atoms with E-state index in [0.29, 0.717) is 0 Å². The van der Waals surface area contributed by atoms with Gasteiger partial charge in [-0.1, -0.05) is 409 Å². The molecule has 0 aliphatic carbocycles. The summed E-state index contributed by atoms with van der Waals surface area (Å²) in [6, 6.07) is 169. The Morgan fingerprint density at radius 2 is 0.423 bits per heavy atom. The minimum Gasteiger partial charge on any atom is -0.310 e. The van der Waals surface area contributed by atoms with E-state index in [4.69, 9.17) is 0 Å². The van der Waals surface area contributed by atoms with Crippen LogP contribution < -0.4 is 26.2 Å². The molecule has 0 saturated carbocycles. The first-order valence-electron chi connectivity index (χ1n) is 42.8. The number of rotatable bonds is 14. The topological polar surface area (TPSA) is 16.3 Å². The monoisotopic (exact) mass is 1570 g/mol. The molecule has 0 radical (unpaired) electrons. The molecule has 5 heteroatoms. The Bertz CT molecular complexity index is 7190. The minimum absolute atomic E-state index is 0.338. The highest BCUT2D eigenvalue weighted by Crippen LogP contribution is 2.58. The van der Waals surface area contributed by atoms with Gasteiger partial charge in [-0.15, -0.1) is 0 Å². The summed E-state index contributed by atoms with van der Waals surface area (Å²) in [6.45, 7) is 6.89. The highest BCUT2D eigenvalue weighted by Gasteiger charge is 2.47. The lowest BCUT2D eigenvalue weighted by atomic mass is 9.33. The number of nitrogens with zero attached hydrogens (tertiary/aromatic N) is 4. The molecule has 578 valence electrons. The Labute approximate surface area is 718 Å². The zero-order valence-corrected chi connectivity index (χ0v) is 68.6. The van der Waals surface area contributed by atoms with E-state index in [-0.39, 0.29) is 6.71 Å². The van der Waals surface area contributed by atoms with Crippen LogP contribution in [0.25, 0.3) is 166 Å². The summed E-state index contributed by atoms with van der Waals surface area (Å²) in [5.41, 5.74) is 40.2. The minimum atomic E-state index is -0.430. The van der Waals surface area contributed by atoms with Gasteiger partial charge in [0.2, 0.25) is 0 Å². The molecule has 2 aliphatic rings. The van der Waals surface area contributed by atoms with Crippen LogP contribution >= 0.6 is 0 Å². The van der Waals surface area contributed by atoms with Crippen molar-refractivity contribution in [3.63, 3.8) is 0 Å². The molecule has 0 bridgehead atoms.